The number of rotatable bonds is 11. The highest BCUT2D eigenvalue weighted by Crippen LogP contribution is 2.36. The molecule has 0 aliphatic rings. The Labute approximate surface area is 247 Å². The summed E-state index contributed by atoms with van der Waals surface area (Å²) in [7, 11) is -1.40. The summed E-state index contributed by atoms with van der Waals surface area (Å²) in [6.45, 7) is 6.56. The molecular formula is C30H36ClN3O6S. The van der Waals surface area contributed by atoms with E-state index in [9.17, 15) is 18.0 Å². The van der Waals surface area contributed by atoms with Crippen LogP contribution in [0.25, 0.3) is 0 Å². The van der Waals surface area contributed by atoms with Gasteiger partial charge >= 0.3 is 0 Å². The number of nitrogens with zero attached hydrogens (tertiary/aromatic N) is 2. The average molecular weight is 602 g/mol. The van der Waals surface area contributed by atoms with Gasteiger partial charge in [0.2, 0.25) is 11.8 Å². The molecule has 9 nitrogen and oxygen atoms in total. The summed E-state index contributed by atoms with van der Waals surface area (Å²) >= 11 is 6.05. The van der Waals surface area contributed by atoms with E-state index < -0.39 is 34.1 Å². The lowest BCUT2D eigenvalue weighted by molar-refractivity contribution is -0.140. The zero-order valence-electron chi connectivity index (χ0n) is 24.0. The lowest BCUT2D eigenvalue weighted by atomic mass is 10.1. The quantitative estimate of drug-likeness (QED) is 0.336. The molecule has 0 saturated carbocycles. The van der Waals surface area contributed by atoms with Gasteiger partial charge < -0.3 is 19.7 Å². The number of benzene rings is 3. The molecule has 0 aliphatic heterocycles. The largest absolute Gasteiger partial charge is 0.497 e. The van der Waals surface area contributed by atoms with Crippen LogP contribution in [-0.2, 0) is 26.2 Å². The lowest BCUT2D eigenvalue weighted by Crippen LogP contribution is -2.54. The van der Waals surface area contributed by atoms with Gasteiger partial charge in [-0.25, -0.2) is 8.42 Å². The van der Waals surface area contributed by atoms with Crippen molar-refractivity contribution in [3.8, 4) is 11.5 Å². The average Bonchev–Trinajstić information content (AvgIpc) is 2.94. The van der Waals surface area contributed by atoms with E-state index in [0.29, 0.717) is 10.8 Å². The number of anilines is 1. The highest BCUT2D eigenvalue weighted by molar-refractivity contribution is 7.92. The summed E-state index contributed by atoms with van der Waals surface area (Å²) < 4.78 is 39.8. The molecule has 2 amide bonds. The van der Waals surface area contributed by atoms with Crippen molar-refractivity contribution in [2.75, 3.05) is 25.1 Å². The third-order valence-corrected chi connectivity index (χ3v) is 8.22. The van der Waals surface area contributed by atoms with Crippen molar-refractivity contribution in [1.82, 2.24) is 10.2 Å². The Balaban J connectivity index is 2.11. The maximum atomic E-state index is 14.1. The molecule has 1 atom stereocenters. The van der Waals surface area contributed by atoms with Crippen molar-refractivity contribution in [2.45, 2.75) is 50.7 Å². The highest BCUT2D eigenvalue weighted by atomic mass is 35.5. The number of nitrogens with one attached hydrogen (secondary N) is 1. The van der Waals surface area contributed by atoms with Crippen LogP contribution in [0.3, 0.4) is 0 Å². The van der Waals surface area contributed by atoms with Crippen LogP contribution >= 0.6 is 11.6 Å². The number of hydrogen-bond acceptors (Lipinski definition) is 6. The summed E-state index contributed by atoms with van der Waals surface area (Å²) in [6.07, 6.45) is 0. The molecule has 0 aromatic heterocycles. The maximum absolute atomic E-state index is 14.1. The number of carbonyl (C=O) groups excluding carboxylic acids is 2. The molecule has 0 fully saturated rings. The molecule has 0 radical (unpaired) electrons. The first-order valence-corrected chi connectivity index (χ1v) is 14.7. The number of hydrogen-bond donors (Lipinski definition) is 1. The third-order valence-electron chi connectivity index (χ3n) is 6.20. The van der Waals surface area contributed by atoms with Gasteiger partial charge in [0.15, 0.2) is 0 Å². The van der Waals surface area contributed by atoms with E-state index in [4.69, 9.17) is 21.1 Å². The molecular weight excluding hydrogens is 566 g/mol. The minimum atomic E-state index is -4.26. The van der Waals surface area contributed by atoms with Crippen molar-refractivity contribution in [3.05, 3.63) is 83.4 Å². The Kier molecular flexibility index (Phi) is 10.3. The summed E-state index contributed by atoms with van der Waals surface area (Å²) in [6, 6.07) is 18.4. The Morgan fingerprint density at radius 2 is 1.59 bits per heavy atom. The standard InChI is InChI=1S/C30H36ClN3O6S/c1-21(29(36)32-30(2,3)4)33(19-22-12-14-23(31)15-13-22)28(35)20-34(41(37,38)25-10-8-7-9-11-25)26-18-24(39-5)16-17-27(26)40-6/h7-18,21H,19-20H2,1-6H3,(H,32,36)/t21-/m1/s1. The van der Waals surface area contributed by atoms with Gasteiger partial charge in [0, 0.05) is 23.2 Å². The SMILES string of the molecule is COc1ccc(OC)c(N(CC(=O)N(Cc2ccc(Cl)cc2)[C@H](C)C(=O)NC(C)(C)C)S(=O)(=O)c2ccccc2)c1. The predicted octanol–water partition coefficient (Wildman–Crippen LogP) is 4.88. The molecule has 0 saturated heterocycles. The molecule has 1 N–H and O–H groups in total. The predicted molar refractivity (Wildman–Crippen MR) is 160 cm³/mol. The fraction of sp³-hybridized carbons (Fsp3) is 0.333. The fourth-order valence-corrected chi connectivity index (χ4v) is 5.63. The van der Waals surface area contributed by atoms with Crippen LogP contribution in [0.4, 0.5) is 5.69 Å². The molecule has 0 heterocycles. The Morgan fingerprint density at radius 1 is 0.951 bits per heavy atom. The Hall–Kier alpha value is -3.76. The van der Waals surface area contributed by atoms with Crippen molar-refractivity contribution in [3.63, 3.8) is 0 Å². The second-order valence-electron chi connectivity index (χ2n) is 10.4. The van der Waals surface area contributed by atoms with Crippen LogP contribution in [0.5, 0.6) is 11.5 Å². The number of methoxy groups -OCH3 is 2. The first-order valence-electron chi connectivity index (χ1n) is 12.9. The molecule has 3 aromatic carbocycles. The van der Waals surface area contributed by atoms with Gasteiger partial charge in [-0.2, -0.15) is 0 Å². The van der Waals surface area contributed by atoms with Gasteiger partial charge in [-0.05, 0) is 69.7 Å². The van der Waals surface area contributed by atoms with Crippen LogP contribution in [-0.4, -0.2) is 57.5 Å². The highest BCUT2D eigenvalue weighted by Gasteiger charge is 2.34. The summed E-state index contributed by atoms with van der Waals surface area (Å²) in [5.41, 5.74) is 0.286. The van der Waals surface area contributed by atoms with Crippen LogP contribution in [0.2, 0.25) is 5.02 Å². The van der Waals surface area contributed by atoms with E-state index in [1.165, 1.54) is 37.3 Å². The molecule has 0 aliphatic carbocycles. The van der Waals surface area contributed by atoms with E-state index in [2.05, 4.69) is 5.32 Å². The van der Waals surface area contributed by atoms with Gasteiger partial charge in [-0.3, -0.25) is 13.9 Å². The smallest absolute Gasteiger partial charge is 0.264 e. The first kappa shape index (κ1) is 31.8. The zero-order valence-corrected chi connectivity index (χ0v) is 25.6. The zero-order chi connectivity index (χ0) is 30.4. The lowest BCUT2D eigenvalue weighted by Gasteiger charge is -2.33. The minimum Gasteiger partial charge on any atom is -0.497 e. The van der Waals surface area contributed by atoms with E-state index in [-0.39, 0.29) is 28.8 Å². The molecule has 11 heteroatoms. The molecule has 0 unspecified atom stereocenters. The number of sulfonamides is 1. The van der Waals surface area contributed by atoms with E-state index in [0.717, 1.165) is 9.87 Å². The normalized spacial score (nSPS) is 12.3. The van der Waals surface area contributed by atoms with Gasteiger partial charge in [-0.1, -0.05) is 41.9 Å². The van der Waals surface area contributed by atoms with Gasteiger partial charge in [-0.15, -0.1) is 0 Å². The van der Waals surface area contributed by atoms with Crippen molar-refractivity contribution in [1.29, 1.82) is 0 Å². The Morgan fingerprint density at radius 3 is 2.15 bits per heavy atom. The van der Waals surface area contributed by atoms with Crippen molar-refractivity contribution >= 4 is 39.1 Å². The van der Waals surface area contributed by atoms with Crippen LogP contribution in [0.15, 0.2) is 77.7 Å². The molecule has 220 valence electrons. The van der Waals surface area contributed by atoms with Gasteiger partial charge in [0.1, 0.15) is 24.1 Å². The number of amides is 2. The van der Waals surface area contributed by atoms with Crippen molar-refractivity contribution < 1.29 is 27.5 Å². The summed E-state index contributed by atoms with van der Waals surface area (Å²) in [5.74, 6) is -0.379. The van der Waals surface area contributed by atoms with E-state index >= 15 is 0 Å². The van der Waals surface area contributed by atoms with Crippen LogP contribution in [0.1, 0.15) is 33.3 Å². The molecule has 3 rings (SSSR count). The number of ether oxygens (including phenoxy) is 2. The van der Waals surface area contributed by atoms with E-state index in [1.54, 1.807) is 61.5 Å². The fourth-order valence-electron chi connectivity index (χ4n) is 4.07. The number of halogens is 1. The summed E-state index contributed by atoms with van der Waals surface area (Å²) in [5, 5.41) is 3.42. The molecule has 0 spiro atoms. The number of carbonyl (C=O) groups is 2. The summed E-state index contributed by atoms with van der Waals surface area (Å²) in [4.78, 5) is 28.6. The topological polar surface area (TPSA) is 105 Å². The minimum absolute atomic E-state index is 0.0135. The second-order valence-corrected chi connectivity index (χ2v) is 12.7. The van der Waals surface area contributed by atoms with Crippen LogP contribution < -0.4 is 19.1 Å². The van der Waals surface area contributed by atoms with E-state index in [1.807, 2.05) is 20.8 Å². The van der Waals surface area contributed by atoms with Crippen molar-refractivity contribution in [2.24, 2.45) is 0 Å². The second kappa shape index (κ2) is 13.3. The van der Waals surface area contributed by atoms with Crippen LogP contribution in [0, 0.1) is 0 Å². The van der Waals surface area contributed by atoms with Gasteiger partial charge in [0.05, 0.1) is 24.8 Å². The van der Waals surface area contributed by atoms with Gasteiger partial charge in [0.25, 0.3) is 10.0 Å². The maximum Gasteiger partial charge on any atom is 0.264 e. The molecule has 41 heavy (non-hydrogen) atoms. The Bertz CT molecular complexity index is 1460. The molecule has 0 bridgehead atoms. The third kappa shape index (κ3) is 8.14. The first-order chi connectivity index (χ1) is 19.3. The molecule has 3 aromatic rings. The monoisotopic (exact) mass is 601 g/mol.